The van der Waals surface area contributed by atoms with Crippen molar-refractivity contribution >= 4 is 21.5 Å². The zero-order chi connectivity index (χ0) is 12.5. The zero-order valence-corrected chi connectivity index (χ0v) is 9.93. The maximum atomic E-state index is 9.23. The van der Waals surface area contributed by atoms with E-state index in [9.17, 15) is 10.2 Å². The first-order valence-corrected chi connectivity index (χ1v) is 5.98. The van der Waals surface area contributed by atoms with Gasteiger partial charge in [-0.3, -0.25) is 0 Å². The smallest absolute Gasteiger partial charge is 0.0682 e. The van der Waals surface area contributed by atoms with Gasteiger partial charge in [0.2, 0.25) is 0 Å². The minimum absolute atomic E-state index is 0.0476. The summed E-state index contributed by atoms with van der Waals surface area (Å²) >= 11 is 0. The summed E-state index contributed by atoms with van der Waals surface area (Å²) in [5.74, 6) is 0. The van der Waals surface area contributed by atoms with Crippen molar-refractivity contribution in [2.24, 2.45) is 0 Å². The molecule has 0 saturated heterocycles. The van der Waals surface area contributed by atoms with E-state index in [1.165, 1.54) is 0 Å². The maximum Gasteiger partial charge on any atom is 0.0682 e. The van der Waals surface area contributed by atoms with Gasteiger partial charge < -0.3 is 10.2 Å². The molecule has 3 aromatic carbocycles. The highest BCUT2D eigenvalue weighted by Gasteiger charge is 2.03. The van der Waals surface area contributed by atoms with Crippen molar-refractivity contribution in [1.82, 2.24) is 0 Å². The lowest BCUT2D eigenvalue weighted by Gasteiger charge is -2.07. The lowest BCUT2D eigenvalue weighted by Crippen LogP contribution is -1.86. The van der Waals surface area contributed by atoms with E-state index >= 15 is 0 Å². The molecule has 0 fully saturated rings. The van der Waals surface area contributed by atoms with Crippen molar-refractivity contribution in [2.75, 3.05) is 0 Å². The largest absolute Gasteiger partial charge is 0.392 e. The third-order valence-corrected chi connectivity index (χ3v) is 3.33. The predicted octanol–water partition coefficient (Wildman–Crippen LogP) is 2.98. The minimum atomic E-state index is 0.0476. The van der Waals surface area contributed by atoms with Crippen molar-refractivity contribution in [3.8, 4) is 0 Å². The van der Waals surface area contributed by atoms with E-state index in [4.69, 9.17) is 0 Å². The molecular formula is C16H14O2. The van der Waals surface area contributed by atoms with Gasteiger partial charge in [-0.25, -0.2) is 0 Å². The first kappa shape index (κ1) is 11.2. The SMILES string of the molecule is OCc1ccc2ccc3ccc(CO)cc3c2c1. The molecule has 2 N–H and O–H groups in total. The Labute approximate surface area is 105 Å². The van der Waals surface area contributed by atoms with Crippen LogP contribution in [0, 0.1) is 0 Å². The summed E-state index contributed by atoms with van der Waals surface area (Å²) in [4.78, 5) is 0. The molecule has 0 saturated carbocycles. The number of benzene rings is 3. The topological polar surface area (TPSA) is 40.5 Å². The normalized spacial score (nSPS) is 11.2. The van der Waals surface area contributed by atoms with Gasteiger partial charge in [0.25, 0.3) is 0 Å². The van der Waals surface area contributed by atoms with Crippen LogP contribution in [0.15, 0.2) is 48.5 Å². The van der Waals surface area contributed by atoms with Crippen LogP contribution in [-0.2, 0) is 13.2 Å². The van der Waals surface area contributed by atoms with E-state index in [0.29, 0.717) is 0 Å². The van der Waals surface area contributed by atoms with Crippen LogP contribution in [0.1, 0.15) is 11.1 Å². The Balaban J connectivity index is 2.40. The summed E-state index contributed by atoms with van der Waals surface area (Å²) in [5.41, 5.74) is 1.81. The molecule has 3 rings (SSSR count). The van der Waals surface area contributed by atoms with Crippen molar-refractivity contribution < 1.29 is 10.2 Å². The third-order valence-electron chi connectivity index (χ3n) is 3.33. The van der Waals surface area contributed by atoms with Crippen LogP contribution in [0.3, 0.4) is 0 Å². The van der Waals surface area contributed by atoms with E-state index in [2.05, 4.69) is 12.1 Å². The Bertz CT molecular complexity index is 654. The number of rotatable bonds is 2. The number of hydrogen-bond donors (Lipinski definition) is 2. The molecule has 0 bridgehead atoms. The van der Waals surface area contributed by atoms with E-state index in [1.807, 2.05) is 36.4 Å². The Morgan fingerprint density at radius 3 is 1.39 bits per heavy atom. The zero-order valence-electron chi connectivity index (χ0n) is 9.93. The second-order valence-corrected chi connectivity index (χ2v) is 4.49. The molecule has 18 heavy (non-hydrogen) atoms. The molecule has 0 amide bonds. The molecule has 0 aliphatic heterocycles. The standard InChI is InChI=1S/C16H14O2/c17-9-11-1-3-13-5-6-14-4-2-12(10-18)8-16(14)15(13)7-11/h1-8,17-18H,9-10H2. The molecule has 0 radical (unpaired) electrons. The van der Waals surface area contributed by atoms with E-state index in [-0.39, 0.29) is 13.2 Å². The molecule has 0 atom stereocenters. The highest BCUT2D eigenvalue weighted by Crippen LogP contribution is 2.27. The monoisotopic (exact) mass is 238 g/mol. The number of aliphatic hydroxyl groups excluding tert-OH is 2. The van der Waals surface area contributed by atoms with E-state index < -0.39 is 0 Å². The van der Waals surface area contributed by atoms with Crippen LogP contribution in [0.2, 0.25) is 0 Å². The Morgan fingerprint density at radius 1 is 0.611 bits per heavy atom. The highest BCUT2D eigenvalue weighted by atomic mass is 16.3. The Kier molecular flexibility index (Phi) is 2.74. The van der Waals surface area contributed by atoms with Crippen molar-refractivity contribution in [1.29, 1.82) is 0 Å². The quantitative estimate of drug-likeness (QED) is 0.674. The minimum Gasteiger partial charge on any atom is -0.392 e. The van der Waals surface area contributed by atoms with Gasteiger partial charge in [0.1, 0.15) is 0 Å². The lowest BCUT2D eigenvalue weighted by atomic mass is 9.98. The number of hydrogen-bond acceptors (Lipinski definition) is 2. The molecule has 2 nitrogen and oxygen atoms in total. The van der Waals surface area contributed by atoms with Crippen molar-refractivity contribution in [3.63, 3.8) is 0 Å². The van der Waals surface area contributed by atoms with Gasteiger partial charge in [0.15, 0.2) is 0 Å². The fourth-order valence-corrected chi connectivity index (χ4v) is 2.34. The molecule has 2 heteroatoms. The summed E-state index contributed by atoms with van der Waals surface area (Å²) in [7, 11) is 0. The van der Waals surface area contributed by atoms with Gasteiger partial charge in [0.05, 0.1) is 13.2 Å². The van der Waals surface area contributed by atoms with Crippen LogP contribution >= 0.6 is 0 Å². The van der Waals surface area contributed by atoms with Gasteiger partial charge in [0, 0.05) is 0 Å². The third kappa shape index (κ3) is 1.76. The van der Waals surface area contributed by atoms with Crippen molar-refractivity contribution in [3.05, 3.63) is 59.7 Å². The van der Waals surface area contributed by atoms with Crippen LogP contribution < -0.4 is 0 Å². The molecule has 0 aliphatic carbocycles. The predicted molar refractivity (Wildman–Crippen MR) is 73.3 cm³/mol. The lowest BCUT2D eigenvalue weighted by molar-refractivity contribution is 0.281. The fourth-order valence-electron chi connectivity index (χ4n) is 2.34. The summed E-state index contributed by atoms with van der Waals surface area (Å²) in [6.07, 6.45) is 0. The Hall–Kier alpha value is -1.90. The second kappa shape index (κ2) is 4.41. The van der Waals surface area contributed by atoms with Crippen LogP contribution in [0.5, 0.6) is 0 Å². The van der Waals surface area contributed by atoms with E-state index in [1.54, 1.807) is 0 Å². The summed E-state index contributed by atoms with van der Waals surface area (Å²) in [6, 6.07) is 16.1. The van der Waals surface area contributed by atoms with Gasteiger partial charge >= 0.3 is 0 Å². The molecule has 0 spiro atoms. The Morgan fingerprint density at radius 2 is 1.00 bits per heavy atom. The first-order valence-electron chi connectivity index (χ1n) is 5.98. The molecule has 0 unspecified atom stereocenters. The van der Waals surface area contributed by atoms with Crippen LogP contribution in [0.25, 0.3) is 21.5 Å². The van der Waals surface area contributed by atoms with Gasteiger partial charge in [-0.1, -0.05) is 36.4 Å². The summed E-state index contributed by atoms with van der Waals surface area (Å²) in [6.45, 7) is 0.0953. The second-order valence-electron chi connectivity index (χ2n) is 4.49. The molecular weight excluding hydrogens is 224 g/mol. The molecule has 3 aromatic rings. The number of aliphatic hydroxyl groups is 2. The molecule has 0 heterocycles. The van der Waals surface area contributed by atoms with Gasteiger partial charge in [-0.2, -0.15) is 0 Å². The molecule has 0 aromatic heterocycles. The number of fused-ring (bicyclic) bond motifs is 3. The summed E-state index contributed by atoms with van der Waals surface area (Å²) in [5, 5.41) is 23.0. The van der Waals surface area contributed by atoms with Crippen molar-refractivity contribution in [2.45, 2.75) is 13.2 Å². The first-order chi connectivity index (χ1) is 8.81. The molecule has 90 valence electrons. The highest BCUT2D eigenvalue weighted by molar-refractivity contribution is 6.07. The van der Waals surface area contributed by atoms with Crippen LogP contribution in [-0.4, -0.2) is 10.2 Å². The molecule has 0 aliphatic rings. The van der Waals surface area contributed by atoms with E-state index in [0.717, 1.165) is 32.7 Å². The van der Waals surface area contributed by atoms with Gasteiger partial charge in [-0.15, -0.1) is 0 Å². The average Bonchev–Trinajstić information content (AvgIpc) is 2.45. The van der Waals surface area contributed by atoms with Crippen LogP contribution in [0.4, 0.5) is 0 Å². The maximum absolute atomic E-state index is 9.23. The average molecular weight is 238 g/mol. The summed E-state index contributed by atoms with van der Waals surface area (Å²) < 4.78 is 0. The van der Waals surface area contributed by atoms with Gasteiger partial charge in [-0.05, 0) is 44.8 Å². The fraction of sp³-hybridized carbons (Fsp3) is 0.125.